The fourth-order valence-corrected chi connectivity index (χ4v) is 3.71. The van der Waals surface area contributed by atoms with Crippen molar-refractivity contribution in [3.8, 4) is 0 Å². The zero-order chi connectivity index (χ0) is 18.6. The van der Waals surface area contributed by atoms with E-state index in [4.69, 9.17) is 8.83 Å². The van der Waals surface area contributed by atoms with Crippen molar-refractivity contribution < 1.29 is 8.83 Å². The van der Waals surface area contributed by atoms with E-state index in [2.05, 4.69) is 60.3 Å². The van der Waals surface area contributed by atoms with Crippen LogP contribution in [0.3, 0.4) is 0 Å². The van der Waals surface area contributed by atoms with Crippen molar-refractivity contribution >= 4 is 21.9 Å². The van der Waals surface area contributed by atoms with Gasteiger partial charge in [0.25, 0.3) is 0 Å². The maximum Gasteiger partial charge on any atom is 0.138 e. The van der Waals surface area contributed by atoms with Gasteiger partial charge < -0.3 is 18.6 Å². The summed E-state index contributed by atoms with van der Waals surface area (Å²) in [4.78, 5) is 4.72. The molecule has 4 nitrogen and oxygen atoms in total. The van der Waals surface area contributed by atoms with E-state index in [0.29, 0.717) is 0 Å². The zero-order valence-electron chi connectivity index (χ0n) is 16.0. The van der Waals surface area contributed by atoms with Gasteiger partial charge in [0.15, 0.2) is 0 Å². The number of benzene rings is 2. The maximum absolute atomic E-state index is 5.64. The second kappa shape index (κ2) is 7.99. The van der Waals surface area contributed by atoms with Gasteiger partial charge in [-0.15, -0.1) is 0 Å². The summed E-state index contributed by atoms with van der Waals surface area (Å²) in [6, 6.07) is 16.7. The highest BCUT2D eigenvalue weighted by Gasteiger charge is 2.09. The van der Waals surface area contributed by atoms with Gasteiger partial charge in [0, 0.05) is 35.0 Å². The van der Waals surface area contributed by atoms with Gasteiger partial charge in [-0.25, -0.2) is 0 Å². The van der Waals surface area contributed by atoms with E-state index in [-0.39, 0.29) is 0 Å². The summed E-state index contributed by atoms with van der Waals surface area (Å²) in [6.45, 7) is 3.90. The summed E-state index contributed by atoms with van der Waals surface area (Å²) < 4.78 is 11.3. The molecule has 0 fully saturated rings. The summed E-state index contributed by atoms with van der Waals surface area (Å²) >= 11 is 0. The molecule has 0 spiro atoms. The number of furan rings is 2. The van der Waals surface area contributed by atoms with E-state index < -0.39 is 0 Å². The van der Waals surface area contributed by atoms with Gasteiger partial charge in [0.1, 0.15) is 11.2 Å². The van der Waals surface area contributed by atoms with Crippen LogP contribution in [0.1, 0.15) is 17.5 Å². The highest BCUT2D eigenvalue weighted by atomic mass is 16.3. The molecular weight excluding hydrogens is 336 g/mol. The molecule has 4 aromatic rings. The molecule has 0 aliphatic rings. The fourth-order valence-electron chi connectivity index (χ4n) is 3.71. The number of hydrogen-bond acceptors (Lipinski definition) is 4. The Hall–Kier alpha value is -2.56. The van der Waals surface area contributed by atoms with Gasteiger partial charge >= 0.3 is 0 Å². The highest BCUT2D eigenvalue weighted by molar-refractivity contribution is 5.80. The van der Waals surface area contributed by atoms with Crippen LogP contribution in [0.4, 0.5) is 0 Å². The van der Waals surface area contributed by atoms with Crippen molar-refractivity contribution in [1.29, 1.82) is 0 Å². The fraction of sp³-hybridized carbons (Fsp3) is 0.304. The summed E-state index contributed by atoms with van der Waals surface area (Å²) in [6.07, 6.45) is 4.65. The standard InChI is InChI=1S/C23H26N2O2/c1-24(16-20-8-3-6-18-10-14-26-22(18)20)12-5-13-25(2)17-21-9-4-7-19-11-15-27-23(19)21/h3-4,6-11,14-15H,5,12-13,16-17H2,1-2H3. The molecule has 0 N–H and O–H groups in total. The van der Waals surface area contributed by atoms with Crippen molar-refractivity contribution in [2.24, 2.45) is 0 Å². The van der Waals surface area contributed by atoms with Gasteiger partial charge in [-0.1, -0.05) is 36.4 Å². The van der Waals surface area contributed by atoms with Crippen molar-refractivity contribution in [1.82, 2.24) is 9.80 Å². The Morgan fingerprint density at radius 1 is 0.667 bits per heavy atom. The number of hydrogen-bond donors (Lipinski definition) is 0. The van der Waals surface area contributed by atoms with Crippen LogP contribution in [0.25, 0.3) is 21.9 Å². The molecule has 0 aliphatic carbocycles. The lowest BCUT2D eigenvalue weighted by molar-refractivity contribution is 0.270. The van der Waals surface area contributed by atoms with Crippen LogP contribution in [0.2, 0.25) is 0 Å². The molecule has 0 aliphatic heterocycles. The minimum atomic E-state index is 0.903. The lowest BCUT2D eigenvalue weighted by Crippen LogP contribution is -2.25. The third kappa shape index (κ3) is 4.07. The molecule has 0 atom stereocenters. The maximum atomic E-state index is 5.64. The van der Waals surface area contributed by atoms with Gasteiger partial charge in [-0.2, -0.15) is 0 Å². The van der Waals surface area contributed by atoms with Crippen LogP contribution in [-0.4, -0.2) is 37.0 Å². The first-order valence-corrected chi connectivity index (χ1v) is 9.48. The minimum Gasteiger partial charge on any atom is -0.464 e. The zero-order valence-corrected chi connectivity index (χ0v) is 16.0. The van der Waals surface area contributed by atoms with Crippen LogP contribution >= 0.6 is 0 Å². The topological polar surface area (TPSA) is 32.8 Å². The number of fused-ring (bicyclic) bond motifs is 2. The summed E-state index contributed by atoms with van der Waals surface area (Å²) in [5.74, 6) is 0. The molecule has 0 unspecified atom stereocenters. The van der Waals surface area contributed by atoms with Gasteiger partial charge in [0.05, 0.1) is 12.5 Å². The predicted octanol–water partition coefficient (Wildman–Crippen LogP) is 5.13. The molecule has 0 radical (unpaired) electrons. The molecule has 0 bridgehead atoms. The number of nitrogens with zero attached hydrogens (tertiary/aromatic N) is 2. The molecule has 2 aromatic heterocycles. The van der Waals surface area contributed by atoms with Crippen molar-refractivity contribution in [3.05, 3.63) is 72.2 Å². The van der Waals surface area contributed by atoms with E-state index in [1.807, 2.05) is 12.1 Å². The normalized spacial score (nSPS) is 12.0. The molecule has 0 amide bonds. The lowest BCUT2D eigenvalue weighted by Gasteiger charge is -2.20. The Kier molecular flexibility index (Phi) is 5.28. The first-order chi connectivity index (χ1) is 13.2. The van der Waals surface area contributed by atoms with Gasteiger partial charge in [-0.05, 0) is 45.7 Å². The van der Waals surface area contributed by atoms with Gasteiger partial charge in [0.2, 0.25) is 0 Å². The Bertz CT molecular complexity index is 935. The molecular formula is C23H26N2O2. The van der Waals surface area contributed by atoms with E-state index in [1.54, 1.807) is 12.5 Å². The number of rotatable bonds is 8. The monoisotopic (exact) mass is 362 g/mol. The second-order valence-corrected chi connectivity index (χ2v) is 7.34. The Balaban J connectivity index is 1.28. The Labute approximate surface area is 160 Å². The van der Waals surface area contributed by atoms with Crippen molar-refractivity contribution in [2.75, 3.05) is 27.2 Å². The quantitative estimate of drug-likeness (QED) is 0.435. The van der Waals surface area contributed by atoms with Crippen LogP contribution in [0.5, 0.6) is 0 Å². The third-order valence-corrected chi connectivity index (χ3v) is 5.08. The van der Waals surface area contributed by atoms with E-state index in [9.17, 15) is 0 Å². The molecule has 4 rings (SSSR count). The summed E-state index contributed by atoms with van der Waals surface area (Å²) in [7, 11) is 4.34. The average molecular weight is 362 g/mol. The Morgan fingerprint density at radius 2 is 1.15 bits per heavy atom. The molecule has 4 heteroatoms. The van der Waals surface area contributed by atoms with Crippen molar-refractivity contribution in [2.45, 2.75) is 19.5 Å². The van der Waals surface area contributed by atoms with Crippen LogP contribution in [-0.2, 0) is 13.1 Å². The molecule has 0 saturated carbocycles. The average Bonchev–Trinajstić information content (AvgIpc) is 3.32. The van der Waals surface area contributed by atoms with Crippen LogP contribution in [0, 0.1) is 0 Å². The van der Waals surface area contributed by atoms with E-state index >= 15 is 0 Å². The SMILES string of the molecule is CN(CCCN(C)Cc1cccc2ccoc12)Cc1cccc2ccoc12. The predicted molar refractivity (Wildman–Crippen MR) is 110 cm³/mol. The molecule has 2 heterocycles. The molecule has 27 heavy (non-hydrogen) atoms. The second-order valence-electron chi connectivity index (χ2n) is 7.34. The van der Waals surface area contributed by atoms with E-state index in [0.717, 1.165) is 43.8 Å². The Morgan fingerprint density at radius 3 is 1.63 bits per heavy atom. The molecule has 140 valence electrons. The van der Waals surface area contributed by atoms with Crippen molar-refractivity contribution in [3.63, 3.8) is 0 Å². The summed E-state index contributed by atoms with van der Waals surface area (Å²) in [5, 5.41) is 2.35. The highest BCUT2D eigenvalue weighted by Crippen LogP contribution is 2.22. The van der Waals surface area contributed by atoms with Crippen LogP contribution < -0.4 is 0 Å². The minimum absolute atomic E-state index is 0.903. The lowest BCUT2D eigenvalue weighted by atomic mass is 10.1. The molecule has 2 aromatic carbocycles. The van der Waals surface area contributed by atoms with Crippen LogP contribution in [0.15, 0.2) is 69.9 Å². The third-order valence-electron chi connectivity index (χ3n) is 5.08. The summed E-state index contributed by atoms with van der Waals surface area (Å²) in [5.41, 5.74) is 4.51. The largest absolute Gasteiger partial charge is 0.464 e. The van der Waals surface area contributed by atoms with Gasteiger partial charge in [-0.3, -0.25) is 0 Å². The molecule has 0 saturated heterocycles. The van der Waals surface area contributed by atoms with E-state index in [1.165, 1.54) is 21.9 Å². The smallest absolute Gasteiger partial charge is 0.138 e. The first-order valence-electron chi connectivity index (χ1n) is 9.48. The number of para-hydroxylation sites is 2. The first kappa shape index (κ1) is 17.8.